The predicted molar refractivity (Wildman–Crippen MR) is 79.1 cm³/mol. The molecule has 0 spiro atoms. The minimum Gasteiger partial charge on any atom is -0.344 e. The third-order valence-corrected chi connectivity index (χ3v) is 4.33. The van der Waals surface area contributed by atoms with E-state index in [2.05, 4.69) is 0 Å². The Labute approximate surface area is 136 Å². The first kappa shape index (κ1) is 15.9. The summed E-state index contributed by atoms with van der Waals surface area (Å²) in [6.07, 6.45) is 1.12. The fraction of sp³-hybridized carbons (Fsp3) is 0.0714. The number of imide groups is 1. The lowest BCUT2D eigenvalue weighted by atomic mass is 10.1. The van der Waals surface area contributed by atoms with Crippen LogP contribution in [0.3, 0.4) is 0 Å². The van der Waals surface area contributed by atoms with Gasteiger partial charge in [0.2, 0.25) is 10.0 Å². The van der Waals surface area contributed by atoms with E-state index in [4.69, 9.17) is 9.98 Å². The van der Waals surface area contributed by atoms with Crippen LogP contribution in [0.5, 0.6) is 0 Å². The lowest BCUT2D eigenvalue weighted by Gasteiger charge is -2.12. The minimum atomic E-state index is -4.01. The van der Waals surface area contributed by atoms with Crippen molar-refractivity contribution < 1.29 is 27.6 Å². The second-order valence-electron chi connectivity index (χ2n) is 5.05. The fourth-order valence-corrected chi connectivity index (χ4v) is 2.85. The summed E-state index contributed by atoms with van der Waals surface area (Å²) in [6.45, 7) is 0. The number of aryl methyl sites for hydroxylation is 1. The molecule has 9 nitrogen and oxygen atoms in total. The van der Waals surface area contributed by atoms with E-state index in [1.165, 1.54) is 23.7 Å². The summed E-state index contributed by atoms with van der Waals surface area (Å²) >= 11 is 0. The summed E-state index contributed by atoms with van der Waals surface area (Å²) in [7, 11) is -2.61. The Bertz CT molecular complexity index is 957. The Morgan fingerprint density at radius 3 is 2.12 bits per heavy atom. The smallest absolute Gasteiger partial charge is 0.344 e. The molecule has 2 aromatic rings. The lowest BCUT2D eigenvalue weighted by Crippen LogP contribution is -2.33. The number of benzene rings is 1. The van der Waals surface area contributed by atoms with Gasteiger partial charge in [-0.05, 0) is 18.2 Å². The van der Waals surface area contributed by atoms with Gasteiger partial charge in [-0.1, -0.05) is 17.2 Å². The number of hydrogen-bond donors (Lipinski definition) is 1. The Hall–Kier alpha value is -2.98. The SMILES string of the molecule is Cn1cc(S(N)(=O)=O)cc1C(=O)ON1C(=O)c2ccccc2C1=O. The molecule has 0 saturated carbocycles. The van der Waals surface area contributed by atoms with Crippen LogP contribution in [0.15, 0.2) is 41.4 Å². The molecule has 10 heteroatoms. The van der Waals surface area contributed by atoms with Gasteiger partial charge in [-0.2, -0.15) is 0 Å². The number of carbonyl (C=O) groups is 3. The third-order valence-electron chi connectivity index (χ3n) is 3.45. The zero-order valence-corrected chi connectivity index (χ0v) is 13.1. The molecule has 0 bridgehead atoms. The molecule has 0 fully saturated rings. The van der Waals surface area contributed by atoms with Crippen molar-refractivity contribution in [1.29, 1.82) is 0 Å². The number of hydrogen-bond acceptors (Lipinski definition) is 6. The number of amides is 2. The van der Waals surface area contributed by atoms with Crippen molar-refractivity contribution in [2.45, 2.75) is 4.90 Å². The first-order valence-corrected chi connectivity index (χ1v) is 8.14. The molecule has 2 N–H and O–H groups in total. The normalized spacial score (nSPS) is 14.0. The van der Waals surface area contributed by atoms with Crippen LogP contribution in [0.1, 0.15) is 31.2 Å². The van der Waals surface area contributed by atoms with Crippen molar-refractivity contribution in [3.05, 3.63) is 53.3 Å². The van der Waals surface area contributed by atoms with Gasteiger partial charge in [0.05, 0.1) is 11.1 Å². The van der Waals surface area contributed by atoms with Gasteiger partial charge in [0, 0.05) is 13.2 Å². The third kappa shape index (κ3) is 2.47. The van der Waals surface area contributed by atoms with Crippen LogP contribution in [0, 0.1) is 0 Å². The monoisotopic (exact) mass is 349 g/mol. The maximum atomic E-state index is 12.2. The minimum absolute atomic E-state index is 0.118. The highest BCUT2D eigenvalue weighted by molar-refractivity contribution is 7.89. The molecule has 0 aliphatic carbocycles. The van der Waals surface area contributed by atoms with E-state index in [-0.39, 0.29) is 21.7 Å². The molecule has 2 heterocycles. The number of nitrogens with two attached hydrogens (primary N) is 1. The average molecular weight is 349 g/mol. The largest absolute Gasteiger partial charge is 0.380 e. The van der Waals surface area contributed by atoms with Crippen molar-refractivity contribution in [1.82, 2.24) is 9.63 Å². The predicted octanol–water partition coefficient (Wildman–Crippen LogP) is 0.0405. The second-order valence-corrected chi connectivity index (χ2v) is 6.61. The quantitative estimate of drug-likeness (QED) is 0.779. The molecular formula is C14H11N3O6S. The zero-order chi connectivity index (χ0) is 17.6. The maximum Gasteiger partial charge on any atom is 0.380 e. The first-order valence-electron chi connectivity index (χ1n) is 6.59. The summed E-state index contributed by atoms with van der Waals surface area (Å²) in [6, 6.07) is 7.02. The van der Waals surface area contributed by atoms with Gasteiger partial charge in [-0.25, -0.2) is 18.4 Å². The summed E-state index contributed by atoms with van der Waals surface area (Å²) in [5.74, 6) is -2.61. The van der Waals surface area contributed by atoms with Crippen LogP contribution in [0.2, 0.25) is 0 Å². The van der Waals surface area contributed by atoms with Crippen molar-refractivity contribution in [2.75, 3.05) is 0 Å². The Balaban J connectivity index is 1.88. The highest BCUT2D eigenvalue weighted by Crippen LogP contribution is 2.23. The number of primary sulfonamides is 1. The summed E-state index contributed by atoms with van der Waals surface area (Å²) in [5.41, 5.74) is 0.0513. The van der Waals surface area contributed by atoms with Crippen molar-refractivity contribution in [3.63, 3.8) is 0 Å². The molecule has 124 valence electrons. The van der Waals surface area contributed by atoms with E-state index in [9.17, 15) is 22.8 Å². The Kier molecular flexibility index (Phi) is 3.50. The molecule has 0 atom stereocenters. The van der Waals surface area contributed by atoms with E-state index >= 15 is 0 Å². The van der Waals surface area contributed by atoms with E-state index < -0.39 is 27.8 Å². The number of aromatic nitrogens is 1. The van der Waals surface area contributed by atoms with Crippen LogP contribution in [0.4, 0.5) is 0 Å². The van der Waals surface area contributed by atoms with Crippen LogP contribution in [-0.4, -0.2) is 35.8 Å². The molecule has 0 radical (unpaired) electrons. The second kappa shape index (κ2) is 5.28. The molecule has 0 unspecified atom stereocenters. The van der Waals surface area contributed by atoms with Crippen LogP contribution >= 0.6 is 0 Å². The van der Waals surface area contributed by atoms with Gasteiger partial charge < -0.3 is 9.40 Å². The van der Waals surface area contributed by atoms with Crippen molar-refractivity contribution in [2.24, 2.45) is 12.2 Å². The van der Waals surface area contributed by atoms with Crippen LogP contribution < -0.4 is 5.14 Å². The molecule has 3 rings (SSSR count). The van der Waals surface area contributed by atoms with E-state index in [0.29, 0.717) is 5.06 Å². The van der Waals surface area contributed by atoms with Crippen LogP contribution in [0.25, 0.3) is 0 Å². The number of hydroxylamine groups is 2. The van der Waals surface area contributed by atoms with E-state index in [1.807, 2.05) is 0 Å². The van der Waals surface area contributed by atoms with Crippen molar-refractivity contribution >= 4 is 27.8 Å². The molecule has 1 aliphatic rings. The van der Waals surface area contributed by atoms with Gasteiger partial charge in [-0.3, -0.25) is 9.59 Å². The molecule has 24 heavy (non-hydrogen) atoms. The molecule has 1 aromatic carbocycles. The topological polar surface area (TPSA) is 129 Å². The van der Waals surface area contributed by atoms with Gasteiger partial charge in [0.15, 0.2) is 0 Å². The fourth-order valence-electron chi connectivity index (χ4n) is 2.27. The summed E-state index contributed by atoms with van der Waals surface area (Å²) in [5, 5.41) is 5.34. The Morgan fingerprint density at radius 1 is 1.12 bits per heavy atom. The van der Waals surface area contributed by atoms with E-state index in [1.54, 1.807) is 12.1 Å². The Morgan fingerprint density at radius 2 is 1.67 bits per heavy atom. The molecular weight excluding hydrogens is 338 g/mol. The van der Waals surface area contributed by atoms with Gasteiger partial charge >= 0.3 is 5.97 Å². The van der Waals surface area contributed by atoms with E-state index in [0.717, 1.165) is 12.3 Å². The van der Waals surface area contributed by atoms with Gasteiger partial charge in [0.25, 0.3) is 11.8 Å². The highest BCUT2D eigenvalue weighted by Gasteiger charge is 2.39. The molecule has 1 aromatic heterocycles. The van der Waals surface area contributed by atoms with Crippen molar-refractivity contribution in [3.8, 4) is 0 Å². The van der Waals surface area contributed by atoms with Gasteiger partial charge in [-0.15, -0.1) is 0 Å². The summed E-state index contributed by atoms with van der Waals surface area (Å²) < 4.78 is 23.8. The number of sulfonamides is 1. The lowest BCUT2D eigenvalue weighted by molar-refractivity contribution is -0.0590. The zero-order valence-electron chi connectivity index (χ0n) is 12.3. The summed E-state index contributed by atoms with van der Waals surface area (Å²) in [4.78, 5) is 41.0. The average Bonchev–Trinajstić information content (AvgIpc) is 3.02. The number of fused-ring (bicyclic) bond motifs is 1. The van der Waals surface area contributed by atoms with Gasteiger partial charge in [0.1, 0.15) is 10.6 Å². The number of carbonyl (C=O) groups excluding carboxylic acids is 3. The molecule has 2 amide bonds. The first-order chi connectivity index (χ1) is 11.2. The number of nitrogens with zero attached hydrogens (tertiary/aromatic N) is 2. The maximum absolute atomic E-state index is 12.2. The number of rotatable bonds is 3. The van der Waals surface area contributed by atoms with Crippen LogP contribution in [-0.2, 0) is 21.9 Å². The molecule has 0 saturated heterocycles. The molecule has 1 aliphatic heterocycles. The standard InChI is InChI=1S/C14H11N3O6S/c1-16-7-8(24(15,21)22)6-11(16)14(20)23-17-12(18)9-4-2-3-5-10(9)13(17)19/h2-7H,1H3,(H2,15,21,22). The highest BCUT2D eigenvalue weighted by atomic mass is 32.2.